The Morgan fingerprint density at radius 3 is 2.34 bits per heavy atom. The van der Waals surface area contributed by atoms with E-state index >= 15 is 0 Å². The monoisotopic (exact) mass is 430 g/mol. The van der Waals surface area contributed by atoms with E-state index < -0.39 is 0 Å². The summed E-state index contributed by atoms with van der Waals surface area (Å²) in [4.78, 5) is 26.8. The first kappa shape index (κ1) is 23.1. The SMILES string of the molecule is CCN(CCN(C)C)c1cc(C(=O)Nc2ccccc2C(C)=N)nc(-c2ccccc2)n1. The van der Waals surface area contributed by atoms with E-state index in [-0.39, 0.29) is 11.6 Å². The number of hydrogen-bond acceptors (Lipinski definition) is 6. The van der Waals surface area contributed by atoms with E-state index in [1.807, 2.05) is 62.6 Å². The first-order valence-corrected chi connectivity index (χ1v) is 10.7. The van der Waals surface area contributed by atoms with Gasteiger partial charge in [-0.15, -0.1) is 0 Å². The molecule has 3 aromatic rings. The van der Waals surface area contributed by atoms with Crippen LogP contribution in [-0.4, -0.2) is 60.2 Å². The zero-order valence-electron chi connectivity index (χ0n) is 19.1. The molecule has 32 heavy (non-hydrogen) atoms. The Morgan fingerprint density at radius 2 is 1.69 bits per heavy atom. The van der Waals surface area contributed by atoms with Crippen molar-refractivity contribution in [3.63, 3.8) is 0 Å². The Morgan fingerprint density at radius 1 is 1.00 bits per heavy atom. The molecule has 0 aliphatic heterocycles. The zero-order valence-corrected chi connectivity index (χ0v) is 19.1. The number of carbonyl (C=O) groups excluding carboxylic acids is 1. The van der Waals surface area contributed by atoms with E-state index in [4.69, 9.17) is 10.4 Å². The summed E-state index contributed by atoms with van der Waals surface area (Å²) in [5.41, 5.74) is 2.79. The number of hydrogen-bond donors (Lipinski definition) is 2. The molecular formula is C25H30N6O. The van der Waals surface area contributed by atoms with Crippen molar-refractivity contribution >= 4 is 23.1 Å². The Labute approximate surface area is 189 Å². The van der Waals surface area contributed by atoms with E-state index in [1.165, 1.54) is 0 Å². The first-order valence-electron chi connectivity index (χ1n) is 10.7. The minimum Gasteiger partial charge on any atom is -0.355 e. The van der Waals surface area contributed by atoms with E-state index in [2.05, 4.69) is 27.0 Å². The number of benzene rings is 2. The van der Waals surface area contributed by atoms with Crippen LogP contribution in [0.1, 0.15) is 29.9 Å². The quantitative estimate of drug-likeness (QED) is 0.498. The molecule has 0 bridgehead atoms. The van der Waals surface area contributed by atoms with Gasteiger partial charge in [0, 0.05) is 42.5 Å². The van der Waals surface area contributed by atoms with Gasteiger partial charge in [0.1, 0.15) is 11.5 Å². The van der Waals surface area contributed by atoms with Crippen molar-refractivity contribution in [2.24, 2.45) is 0 Å². The number of nitrogens with zero attached hydrogens (tertiary/aromatic N) is 4. The second kappa shape index (κ2) is 10.6. The van der Waals surface area contributed by atoms with Crippen LogP contribution in [0.3, 0.4) is 0 Å². The molecule has 3 rings (SSSR count). The van der Waals surface area contributed by atoms with Gasteiger partial charge in [0.25, 0.3) is 5.91 Å². The van der Waals surface area contributed by atoms with Gasteiger partial charge in [-0.3, -0.25) is 4.79 Å². The molecule has 2 N–H and O–H groups in total. The summed E-state index contributed by atoms with van der Waals surface area (Å²) in [6, 6.07) is 18.7. The van der Waals surface area contributed by atoms with Gasteiger partial charge < -0.3 is 20.5 Å². The van der Waals surface area contributed by atoms with Gasteiger partial charge in [-0.25, -0.2) is 9.97 Å². The lowest BCUT2D eigenvalue weighted by molar-refractivity contribution is 0.102. The van der Waals surface area contributed by atoms with Crippen LogP contribution in [0.25, 0.3) is 11.4 Å². The van der Waals surface area contributed by atoms with E-state index in [9.17, 15) is 4.79 Å². The minimum absolute atomic E-state index is 0.287. The fourth-order valence-corrected chi connectivity index (χ4v) is 3.29. The lowest BCUT2D eigenvalue weighted by Crippen LogP contribution is -2.32. The van der Waals surface area contributed by atoms with Crippen molar-refractivity contribution in [2.45, 2.75) is 13.8 Å². The van der Waals surface area contributed by atoms with Gasteiger partial charge in [0.05, 0.1) is 5.69 Å². The summed E-state index contributed by atoms with van der Waals surface area (Å²) < 4.78 is 0. The highest BCUT2D eigenvalue weighted by molar-refractivity contribution is 6.09. The zero-order chi connectivity index (χ0) is 23.1. The van der Waals surface area contributed by atoms with Gasteiger partial charge in [-0.1, -0.05) is 48.5 Å². The Hall–Kier alpha value is -3.58. The van der Waals surface area contributed by atoms with E-state index in [0.29, 0.717) is 28.6 Å². The lowest BCUT2D eigenvalue weighted by Gasteiger charge is -2.24. The molecule has 0 saturated heterocycles. The second-order valence-electron chi connectivity index (χ2n) is 7.81. The molecule has 0 aliphatic rings. The topological polar surface area (TPSA) is 85.2 Å². The maximum Gasteiger partial charge on any atom is 0.274 e. The maximum absolute atomic E-state index is 13.2. The van der Waals surface area contributed by atoms with E-state index in [1.54, 1.807) is 19.1 Å². The Bertz CT molecular complexity index is 1080. The third-order valence-corrected chi connectivity index (χ3v) is 5.08. The number of para-hydroxylation sites is 1. The smallest absolute Gasteiger partial charge is 0.274 e. The number of aromatic nitrogens is 2. The Balaban J connectivity index is 2.00. The molecule has 0 saturated carbocycles. The highest BCUT2D eigenvalue weighted by Gasteiger charge is 2.17. The average molecular weight is 431 g/mol. The van der Waals surface area contributed by atoms with Crippen LogP contribution in [0.15, 0.2) is 60.7 Å². The molecule has 0 aliphatic carbocycles. The molecular weight excluding hydrogens is 400 g/mol. The third-order valence-electron chi connectivity index (χ3n) is 5.08. The molecule has 1 amide bonds. The van der Waals surface area contributed by atoms with Crippen molar-refractivity contribution in [2.75, 3.05) is 43.9 Å². The summed E-state index contributed by atoms with van der Waals surface area (Å²) in [6.45, 7) is 6.18. The molecule has 0 unspecified atom stereocenters. The fraction of sp³-hybridized carbons (Fsp3) is 0.280. The molecule has 0 radical (unpaired) electrons. The Kier molecular flexibility index (Phi) is 7.68. The number of likely N-dealkylation sites (N-methyl/N-ethyl adjacent to an activating group) is 2. The van der Waals surface area contributed by atoms with Crippen molar-refractivity contribution in [3.8, 4) is 11.4 Å². The van der Waals surface area contributed by atoms with Crippen molar-refractivity contribution in [1.29, 1.82) is 5.41 Å². The number of amides is 1. The maximum atomic E-state index is 13.2. The molecule has 1 heterocycles. The standard InChI is InChI=1S/C25H30N6O/c1-5-31(16-15-30(3)4)23-17-22(27-24(29-23)19-11-7-6-8-12-19)25(32)28-21-14-10-9-13-20(21)18(2)26/h6-14,17,26H,5,15-16H2,1-4H3,(H,28,32). The lowest BCUT2D eigenvalue weighted by atomic mass is 10.1. The normalized spacial score (nSPS) is 10.8. The summed E-state index contributed by atoms with van der Waals surface area (Å²) in [6.07, 6.45) is 0. The van der Waals surface area contributed by atoms with Crippen LogP contribution < -0.4 is 10.2 Å². The highest BCUT2D eigenvalue weighted by Crippen LogP contribution is 2.22. The minimum atomic E-state index is -0.330. The summed E-state index contributed by atoms with van der Waals surface area (Å²) >= 11 is 0. The summed E-state index contributed by atoms with van der Waals surface area (Å²) in [7, 11) is 4.07. The van der Waals surface area contributed by atoms with Crippen molar-refractivity contribution in [3.05, 3.63) is 71.9 Å². The molecule has 166 valence electrons. The number of rotatable bonds is 9. The summed E-state index contributed by atoms with van der Waals surface area (Å²) in [5.74, 6) is 0.890. The number of anilines is 2. The first-order chi connectivity index (χ1) is 15.4. The highest BCUT2D eigenvalue weighted by atomic mass is 16.1. The predicted molar refractivity (Wildman–Crippen MR) is 131 cm³/mol. The number of carbonyl (C=O) groups is 1. The van der Waals surface area contributed by atoms with Gasteiger partial charge in [-0.2, -0.15) is 0 Å². The molecule has 7 heteroatoms. The fourth-order valence-electron chi connectivity index (χ4n) is 3.29. The average Bonchev–Trinajstić information content (AvgIpc) is 2.80. The van der Waals surface area contributed by atoms with Gasteiger partial charge in [0.15, 0.2) is 5.82 Å². The molecule has 7 nitrogen and oxygen atoms in total. The van der Waals surface area contributed by atoms with Crippen LogP contribution in [0.4, 0.5) is 11.5 Å². The van der Waals surface area contributed by atoms with Crippen LogP contribution in [-0.2, 0) is 0 Å². The summed E-state index contributed by atoms with van der Waals surface area (Å²) in [5, 5.41) is 10.9. The van der Waals surface area contributed by atoms with E-state index in [0.717, 1.165) is 25.2 Å². The molecule has 1 aromatic heterocycles. The van der Waals surface area contributed by atoms with Gasteiger partial charge >= 0.3 is 0 Å². The molecule has 0 atom stereocenters. The van der Waals surface area contributed by atoms with Crippen molar-refractivity contribution in [1.82, 2.24) is 14.9 Å². The van der Waals surface area contributed by atoms with Crippen LogP contribution in [0, 0.1) is 5.41 Å². The van der Waals surface area contributed by atoms with Crippen LogP contribution in [0.5, 0.6) is 0 Å². The largest absolute Gasteiger partial charge is 0.355 e. The second-order valence-corrected chi connectivity index (χ2v) is 7.81. The van der Waals surface area contributed by atoms with Gasteiger partial charge in [0.2, 0.25) is 0 Å². The third kappa shape index (κ3) is 5.76. The molecule has 0 fully saturated rings. The number of nitrogens with one attached hydrogen (secondary N) is 2. The van der Waals surface area contributed by atoms with Crippen LogP contribution in [0.2, 0.25) is 0 Å². The molecule has 0 spiro atoms. The predicted octanol–water partition coefficient (Wildman–Crippen LogP) is 4.17. The van der Waals surface area contributed by atoms with Crippen molar-refractivity contribution < 1.29 is 4.79 Å². The molecule has 2 aromatic carbocycles. The van der Waals surface area contributed by atoms with Gasteiger partial charge in [-0.05, 0) is 34.0 Å². The van der Waals surface area contributed by atoms with Crippen LogP contribution >= 0.6 is 0 Å².